The molecule has 1 rings (SSSR count). The maximum absolute atomic E-state index is 12.2. The van der Waals surface area contributed by atoms with Gasteiger partial charge in [0, 0.05) is 45.1 Å². The molecule has 1 aliphatic rings. The molecular formula is C14H28ClN3O2. The predicted molar refractivity (Wildman–Crippen MR) is 83.0 cm³/mol. The van der Waals surface area contributed by atoms with Crippen molar-refractivity contribution in [2.24, 2.45) is 5.92 Å². The van der Waals surface area contributed by atoms with Gasteiger partial charge in [-0.1, -0.05) is 0 Å². The lowest BCUT2D eigenvalue weighted by Gasteiger charge is -2.33. The van der Waals surface area contributed by atoms with E-state index >= 15 is 0 Å². The number of likely N-dealkylation sites (tertiary alicyclic amines) is 1. The second-order valence-electron chi connectivity index (χ2n) is 5.02. The molecule has 0 aromatic rings. The van der Waals surface area contributed by atoms with Crippen molar-refractivity contribution in [1.29, 1.82) is 0 Å². The number of carbonyl (C=O) groups is 2. The van der Waals surface area contributed by atoms with Crippen LogP contribution in [0.2, 0.25) is 0 Å². The molecule has 0 spiro atoms. The van der Waals surface area contributed by atoms with Crippen molar-refractivity contribution in [1.82, 2.24) is 15.1 Å². The molecule has 6 heteroatoms. The fourth-order valence-electron chi connectivity index (χ4n) is 2.56. The van der Waals surface area contributed by atoms with Gasteiger partial charge in [-0.15, -0.1) is 12.4 Å². The fraction of sp³-hybridized carbons (Fsp3) is 0.857. The summed E-state index contributed by atoms with van der Waals surface area (Å²) in [5.74, 6) is 0.559. The Morgan fingerprint density at radius 1 is 1.20 bits per heavy atom. The summed E-state index contributed by atoms with van der Waals surface area (Å²) in [5, 5.41) is 2.99. The number of hydrogen-bond acceptors (Lipinski definition) is 3. The van der Waals surface area contributed by atoms with Crippen LogP contribution in [0.4, 0.5) is 0 Å². The zero-order valence-corrected chi connectivity index (χ0v) is 13.7. The summed E-state index contributed by atoms with van der Waals surface area (Å²) < 4.78 is 0. The van der Waals surface area contributed by atoms with Gasteiger partial charge in [0.1, 0.15) is 0 Å². The number of nitrogens with zero attached hydrogens (tertiary/aromatic N) is 2. The third-order valence-corrected chi connectivity index (χ3v) is 3.86. The largest absolute Gasteiger partial charge is 0.343 e. The van der Waals surface area contributed by atoms with Crippen LogP contribution >= 0.6 is 12.4 Å². The normalized spacial score (nSPS) is 15.7. The van der Waals surface area contributed by atoms with E-state index in [1.807, 2.05) is 30.7 Å². The van der Waals surface area contributed by atoms with Gasteiger partial charge in [-0.3, -0.25) is 9.59 Å². The Kier molecular flexibility index (Phi) is 9.59. The third kappa shape index (κ3) is 5.29. The molecule has 0 atom stereocenters. The summed E-state index contributed by atoms with van der Waals surface area (Å²) in [6.45, 7) is 7.74. The highest BCUT2D eigenvalue weighted by atomic mass is 35.5. The van der Waals surface area contributed by atoms with Crippen LogP contribution in [0.25, 0.3) is 0 Å². The van der Waals surface area contributed by atoms with Gasteiger partial charge in [-0.05, 0) is 33.7 Å². The summed E-state index contributed by atoms with van der Waals surface area (Å²) in [6.07, 6.45) is 2.16. The molecule has 0 bridgehead atoms. The molecule has 1 fully saturated rings. The highest BCUT2D eigenvalue weighted by molar-refractivity contribution is 5.85. The zero-order chi connectivity index (χ0) is 14.3. The monoisotopic (exact) mass is 305 g/mol. The number of rotatable bonds is 6. The molecule has 1 N–H and O–H groups in total. The Hall–Kier alpha value is -0.810. The number of piperidine rings is 1. The third-order valence-electron chi connectivity index (χ3n) is 3.86. The maximum atomic E-state index is 12.2. The van der Waals surface area contributed by atoms with E-state index in [0.717, 1.165) is 45.6 Å². The minimum absolute atomic E-state index is 0. The van der Waals surface area contributed by atoms with Crippen molar-refractivity contribution in [2.75, 3.05) is 39.8 Å². The molecule has 1 heterocycles. The second kappa shape index (κ2) is 10.00. The lowest BCUT2D eigenvalue weighted by Crippen LogP contribution is -2.44. The van der Waals surface area contributed by atoms with Crippen LogP contribution in [-0.2, 0) is 9.59 Å². The summed E-state index contributed by atoms with van der Waals surface area (Å²) in [5.41, 5.74) is 0. The Balaban J connectivity index is 0.00000361. The van der Waals surface area contributed by atoms with E-state index in [1.165, 1.54) is 0 Å². The van der Waals surface area contributed by atoms with Crippen LogP contribution in [-0.4, -0.2) is 61.4 Å². The van der Waals surface area contributed by atoms with Crippen molar-refractivity contribution < 1.29 is 9.59 Å². The first kappa shape index (κ1) is 19.2. The Morgan fingerprint density at radius 3 is 2.20 bits per heavy atom. The molecule has 0 unspecified atom stereocenters. The standard InChI is InChI=1S/C14H27N3O2.ClH/c1-4-16(5-2)14(19)12-7-10-17(11-8-12)13(18)6-9-15-3;/h12,15H,4-11H2,1-3H3;1H. The number of nitrogens with one attached hydrogen (secondary N) is 1. The minimum Gasteiger partial charge on any atom is -0.343 e. The first-order chi connectivity index (χ1) is 9.13. The van der Waals surface area contributed by atoms with Gasteiger partial charge in [0.05, 0.1) is 0 Å². The van der Waals surface area contributed by atoms with Crippen LogP contribution in [0.3, 0.4) is 0 Å². The molecule has 0 aliphatic carbocycles. The lowest BCUT2D eigenvalue weighted by atomic mass is 9.95. The highest BCUT2D eigenvalue weighted by Crippen LogP contribution is 2.20. The van der Waals surface area contributed by atoms with Crippen LogP contribution in [0.1, 0.15) is 33.1 Å². The van der Waals surface area contributed by atoms with Crippen molar-refractivity contribution in [3.8, 4) is 0 Å². The van der Waals surface area contributed by atoms with Crippen molar-refractivity contribution in [3.05, 3.63) is 0 Å². The molecule has 0 saturated carbocycles. The number of amides is 2. The van der Waals surface area contributed by atoms with Gasteiger partial charge in [-0.25, -0.2) is 0 Å². The topological polar surface area (TPSA) is 52.7 Å². The van der Waals surface area contributed by atoms with E-state index in [1.54, 1.807) is 0 Å². The maximum Gasteiger partial charge on any atom is 0.225 e. The summed E-state index contributed by atoms with van der Waals surface area (Å²) in [7, 11) is 1.85. The van der Waals surface area contributed by atoms with Crippen LogP contribution in [0.5, 0.6) is 0 Å². The van der Waals surface area contributed by atoms with E-state index in [0.29, 0.717) is 6.42 Å². The molecular weight excluding hydrogens is 278 g/mol. The fourth-order valence-corrected chi connectivity index (χ4v) is 2.56. The van der Waals surface area contributed by atoms with Crippen molar-refractivity contribution in [2.45, 2.75) is 33.1 Å². The molecule has 2 amide bonds. The van der Waals surface area contributed by atoms with Crippen molar-refractivity contribution in [3.63, 3.8) is 0 Å². The number of carbonyl (C=O) groups excluding carboxylic acids is 2. The van der Waals surface area contributed by atoms with Gasteiger partial charge >= 0.3 is 0 Å². The second-order valence-corrected chi connectivity index (χ2v) is 5.02. The Labute approximate surface area is 128 Å². The van der Waals surface area contributed by atoms with E-state index in [9.17, 15) is 9.59 Å². The lowest BCUT2D eigenvalue weighted by molar-refractivity contribution is -0.140. The smallest absolute Gasteiger partial charge is 0.225 e. The highest BCUT2D eigenvalue weighted by Gasteiger charge is 2.28. The summed E-state index contributed by atoms with van der Waals surface area (Å²) >= 11 is 0. The molecule has 1 saturated heterocycles. The molecule has 118 valence electrons. The minimum atomic E-state index is 0. The number of halogens is 1. The Bertz CT molecular complexity index is 301. The molecule has 0 aromatic heterocycles. The Morgan fingerprint density at radius 2 is 1.75 bits per heavy atom. The van der Waals surface area contributed by atoms with E-state index in [4.69, 9.17) is 0 Å². The van der Waals surface area contributed by atoms with Gasteiger partial charge < -0.3 is 15.1 Å². The quantitative estimate of drug-likeness (QED) is 0.800. The van der Waals surface area contributed by atoms with E-state index in [2.05, 4.69) is 5.32 Å². The van der Waals surface area contributed by atoms with Crippen LogP contribution in [0, 0.1) is 5.92 Å². The van der Waals surface area contributed by atoms with Gasteiger partial charge in [-0.2, -0.15) is 0 Å². The van der Waals surface area contributed by atoms with Crippen molar-refractivity contribution >= 4 is 24.2 Å². The molecule has 5 nitrogen and oxygen atoms in total. The predicted octanol–water partition coefficient (Wildman–Crippen LogP) is 1.12. The van der Waals surface area contributed by atoms with E-state index < -0.39 is 0 Å². The first-order valence-electron chi connectivity index (χ1n) is 7.35. The average molecular weight is 306 g/mol. The molecule has 1 aliphatic heterocycles. The van der Waals surface area contributed by atoms with Gasteiger partial charge in [0.2, 0.25) is 11.8 Å². The average Bonchev–Trinajstić information content (AvgIpc) is 2.46. The van der Waals surface area contributed by atoms with Gasteiger partial charge in [0.15, 0.2) is 0 Å². The number of hydrogen-bond donors (Lipinski definition) is 1. The molecule has 0 radical (unpaired) electrons. The summed E-state index contributed by atoms with van der Waals surface area (Å²) in [6, 6.07) is 0. The van der Waals surface area contributed by atoms with E-state index in [-0.39, 0.29) is 30.1 Å². The zero-order valence-electron chi connectivity index (χ0n) is 12.9. The summed E-state index contributed by atoms with van der Waals surface area (Å²) in [4.78, 5) is 27.9. The van der Waals surface area contributed by atoms with Crippen LogP contribution in [0.15, 0.2) is 0 Å². The first-order valence-corrected chi connectivity index (χ1v) is 7.35. The SMILES string of the molecule is CCN(CC)C(=O)C1CCN(C(=O)CCNC)CC1.Cl. The molecule has 0 aromatic carbocycles. The molecule has 20 heavy (non-hydrogen) atoms. The van der Waals surface area contributed by atoms with Crippen LogP contribution < -0.4 is 5.32 Å². The van der Waals surface area contributed by atoms with Gasteiger partial charge in [0.25, 0.3) is 0 Å².